The highest BCUT2D eigenvalue weighted by atomic mass is 35.5. The maximum atomic E-state index is 11.0. The van der Waals surface area contributed by atoms with E-state index in [1.54, 1.807) is 6.07 Å². The van der Waals surface area contributed by atoms with Gasteiger partial charge in [0.25, 0.3) is 0 Å². The summed E-state index contributed by atoms with van der Waals surface area (Å²) in [6.07, 6.45) is 1.35. The lowest BCUT2D eigenvalue weighted by atomic mass is 10.1. The summed E-state index contributed by atoms with van der Waals surface area (Å²) in [6, 6.07) is 5.50. The van der Waals surface area contributed by atoms with Crippen molar-refractivity contribution in [3.63, 3.8) is 0 Å². The molecule has 1 fully saturated rings. The van der Waals surface area contributed by atoms with Crippen molar-refractivity contribution in [1.29, 1.82) is 0 Å². The van der Waals surface area contributed by atoms with Crippen LogP contribution >= 0.6 is 23.2 Å². The third-order valence-electron chi connectivity index (χ3n) is 2.35. The molecular weight excluding hydrogens is 221 g/mol. The number of nitrogens with one attached hydrogen (secondary N) is 1. The Balaban J connectivity index is 2.32. The molecule has 1 aliphatic rings. The molecule has 1 amide bonds. The third kappa shape index (κ3) is 1.72. The van der Waals surface area contributed by atoms with E-state index in [0.29, 0.717) is 16.5 Å². The Kier molecular flexibility index (Phi) is 2.66. The standard InChI is InChI=1S/C10H9Cl2NO/c11-7-3-1-2-6(10(7)12)8-4-5-9(14)13-8/h1-3,8H,4-5H2,(H,13,14). The minimum Gasteiger partial charge on any atom is -0.349 e. The Morgan fingerprint density at radius 3 is 2.79 bits per heavy atom. The van der Waals surface area contributed by atoms with E-state index < -0.39 is 0 Å². The highest BCUT2D eigenvalue weighted by Gasteiger charge is 2.24. The molecule has 1 atom stereocenters. The lowest BCUT2D eigenvalue weighted by Gasteiger charge is -2.12. The first kappa shape index (κ1) is 9.81. The first-order chi connectivity index (χ1) is 6.68. The van der Waals surface area contributed by atoms with Gasteiger partial charge in [-0.25, -0.2) is 0 Å². The van der Waals surface area contributed by atoms with Crippen molar-refractivity contribution in [1.82, 2.24) is 5.32 Å². The summed E-state index contributed by atoms with van der Waals surface area (Å²) in [6.45, 7) is 0. The van der Waals surface area contributed by atoms with Gasteiger partial charge in [-0.15, -0.1) is 0 Å². The highest BCUT2D eigenvalue weighted by Crippen LogP contribution is 2.33. The maximum absolute atomic E-state index is 11.0. The molecule has 0 aliphatic carbocycles. The van der Waals surface area contributed by atoms with Crippen molar-refractivity contribution in [2.24, 2.45) is 0 Å². The molecule has 0 aromatic heterocycles. The second-order valence-electron chi connectivity index (χ2n) is 3.30. The van der Waals surface area contributed by atoms with Crippen molar-refractivity contribution in [3.8, 4) is 0 Å². The molecule has 4 heteroatoms. The molecule has 0 radical (unpaired) electrons. The van der Waals surface area contributed by atoms with Gasteiger partial charge >= 0.3 is 0 Å². The third-order valence-corrected chi connectivity index (χ3v) is 3.19. The quantitative estimate of drug-likeness (QED) is 0.789. The monoisotopic (exact) mass is 229 g/mol. The van der Waals surface area contributed by atoms with Gasteiger partial charge in [0.05, 0.1) is 16.1 Å². The molecule has 0 bridgehead atoms. The number of carbonyl (C=O) groups excluding carboxylic acids is 1. The Hall–Kier alpha value is -0.730. The minimum atomic E-state index is 0.0219. The van der Waals surface area contributed by atoms with Gasteiger partial charge in [-0.1, -0.05) is 35.3 Å². The Labute approximate surface area is 92.2 Å². The SMILES string of the molecule is O=C1CCC(c2cccc(Cl)c2Cl)N1. The van der Waals surface area contributed by atoms with E-state index in [9.17, 15) is 4.79 Å². The number of rotatable bonds is 1. The van der Waals surface area contributed by atoms with Crippen LogP contribution in [0.25, 0.3) is 0 Å². The molecule has 14 heavy (non-hydrogen) atoms. The van der Waals surface area contributed by atoms with Crippen LogP contribution in [-0.2, 0) is 4.79 Å². The Bertz CT molecular complexity index is 378. The van der Waals surface area contributed by atoms with E-state index in [4.69, 9.17) is 23.2 Å². The number of amides is 1. The zero-order chi connectivity index (χ0) is 10.1. The molecule has 0 spiro atoms. The lowest BCUT2D eigenvalue weighted by molar-refractivity contribution is -0.119. The van der Waals surface area contributed by atoms with Crippen LogP contribution in [0.2, 0.25) is 10.0 Å². The Morgan fingerprint density at radius 2 is 2.14 bits per heavy atom. The van der Waals surface area contributed by atoms with Crippen LogP contribution in [-0.4, -0.2) is 5.91 Å². The molecule has 1 unspecified atom stereocenters. The summed E-state index contributed by atoms with van der Waals surface area (Å²) >= 11 is 11.9. The van der Waals surface area contributed by atoms with Crippen molar-refractivity contribution >= 4 is 29.1 Å². The van der Waals surface area contributed by atoms with Crippen molar-refractivity contribution in [3.05, 3.63) is 33.8 Å². The van der Waals surface area contributed by atoms with Gasteiger partial charge in [-0.2, -0.15) is 0 Å². The summed E-state index contributed by atoms with van der Waals surface area (Å²) in [4.78, 5) is 11.0. The van der Waals surface area contributed by atoms with Gasteiger partial charge in [0.1, 0.15) is 0 Å². The van der Waals surface area contributed by atoms with Gasteiger partial charge in [-0.3, -0.25) is 4.79 Å². The van der Waals surface area contributed by atoms with Gasteiger partial charge in [0, 0.05) is 6.42 Å². The number of hydrogen-bond acceptors (Lipinski definition) is 1. The van der Waals surface area contributed by atoms with Crippen molar-refractivity contribution in [2.75, 3.05) is 0 Å². The average Bonchev–Trinajstić information content (AvgIpc) is 2.57. The predicted octanol–water partition coefficient (Wildman–Crippen LogP) is 2.94. The largest absolute Gasteiger partial charge is 0.349 e. The molecule has 1 aliphatic heterocycles. The van der Waals surface area contributed by atoms with Crippen LogP contribution in [0.4, 0.5) is 0 Å². The molecule has 2 rings (SSSR count). The molecular formula is C10H9Cl2NO. The van der Waals surface area contributed by atoms with Gasteiger partial charge in [0.2, 0.25) is 5.91 Å². The summed E-state index contributed by atoms with van der Waals surface area (Å²) in [5, 5.41) is 3.93. The topological polar surface area (TPSA) is 29.1 Å². The van der Waals surface area contributed by atoms with E-state index in [-0.39, 0.29) is 11.9 Å². The van der Waals surface area contributed by atoms with Gasteiger partial charge in [0.15, 0.2) is 0 Å². The van der Waals surface area contributed by atoms with Crippen LogP contribution in [0.15, 0.2) is 18.2 Å². The highest BCUT2D eigenvalue weighted by molar-refractivity contribution is 6.42. The first-order valence-corrected chi connectivity index (χ1v) is 5.17. The average molecular weight is 230 g/mol. The van der Waals surface area contributed by atoms with E-state index in [1.807, 2.05) is 12.1 Å². The summed E-state index contributed by atoms with van der Waals surface area (Å²) in [7, 11) is 0. The molecule has 1 heterocycles. The molecule has 1 aromatic carbocycles. The summed E-state index contributed by atoms with van der Waals surface area (Å²) in [5.41, 5.74) is 0.907. The van der Waals surface area contributed by atoms with E-state index in [1.165, 1.54) is 0 Å². The van der Waals surface area contributed by atoms with Crippen molar-refractivity contribution in [2.45, 2.75) is 18.9 Å². The zero-order valence-electron chi connectivity index (χ0n) is 7.39. The molecule has 2 nitrogen and oxygen atoms in total. The first-order valence-electron chi connectivity index (χ1n) is 4.42. The normalized spacial score (nSPS) is 21.0. The second-order valence-corrected chi connectivity index (χ2v) is 4.09. The number of carbonyl (C=O) groups is 1. The van der Waals surface area contributed by atoms with E-state index in [0.717, 1.165) is 12.0 Å². The Morgan fingerprint density at radius 1 is 1.36 bits per heavy atom. The lowest BCUT2D eigenvalue weighted by Crippen LogP contribution is -2.18. The zero-order valence-corrected chi connectivity index (χ0v) is 8.90. The number of hydrogen-bond donors (Lipinski definition) is 1. The molecule has 0 saturated carbocycles. The number of benzene rings is 1. The maximum Gasteiger partial charge on any atom is 0.220 e. The number of halogens is 2. The van der Waals surface area contributed by atoms with Crippen LogP contribution in [0.1, 0.15) is 24.4 Å². The fourth-order valence-electron chi connectivity index (χ4n) is 1.64. The molecule has 1 aromatic rings. The van der Waals surface area contributed by atoms with Crippen molar-refractivity contribution < 1.29 is 4.79 Å². The fraction of sp³-hybridized carbons (Fsp3) is 0.300. The predicted molar refractivity (Wildman–Crippen MR) is 56.6 cm³/mol. The molecule has 1 saturated heterocycles. The van der Waals surface area contributed by atoms with Crippen LogP contribution < -0.4 is 5.32 Å². The molecule has 74 valence electrons. The summed E-state index contributed by atoms with van der Waals surface area (Å²) < 4.78 is 0. The second kappa shape index (κ2) is 3.79. The van der Waals surface area contributed by atoms with E-state index >= 15 is 0 Å². The fourth-order valence-corrected chi connectivity index (χ4v) is 2.08. The minimum absolute atomic E-state index is 0.0219. The van der Waals surface area contributed by atoms with Crippen LogP contribution in [0, 0.1) is 0 Å². The van der Waals surface area contributed by atoms with Gasteiger partial charge < -0.3 is 5.32 Å². The van der Waals surface area contributed by atoms with E-state index in [2.05, 4.69) is 5.32 Å². The smallest absolute Gasteiger partial charge is 0.220 e. The molecule has 1 N–H and O–H groups in total. The van der Waals surface area contributed by atoms with Gasteiger partial charge in [-0.05, 0) is 18.1 Å². The van der Waals surface area contributed by atoms with Crippen LogP contribution in [0.5, 0.6) is 0 Å². The summed E-state index contributed by atoms with van der Waals surface area (Å²) in [5.74, 6) is 0.0750. The van der Waals surface area contributed by atoms with Crippen LogP contribution in [0.3, 0.4) is 0 Å².